The molecule has 7 nitrogen and oxygen atoms in total. The molecule has 210 valence electrons. The normalized spacial score (nSPS) is 11.3. The highest BCUT2D eigenvalue weighted by molar-refractivity contribution is 5.86. The molecule has 3 aromatic rings. The van der Waals surface area contributed by atoms with Crippen LogP contribution in [-0.2, 0) is 33.6 Å². The average molecular weight is 533 g/mol. The summed E-state index contributed by atoms with van der Waals surface area (Å²) in [6.45, 7) is 17.3. The second-order valence-electron chi connectivity index (χ2n) is 12.4. The van der Waals surface area contributed by atoms with Crippen molar-refractivity contribution < 1.29 is 14.4 Å². The van der Waals surface area contributed by atoms with Crippen LogP contribution in [0.4, 0.5) is 0 Å². The van der Waals surface area contributed by atoms with Crippen LogP contribution in [0.2, 0.25) is 0 Å². The summed E-state index contributed by atoms with van der Waals surface area (Å²) < 4.78 is 0. The Bertz CT molecular complexity index is 1010. The van der Waals surface area contributed by atoms with Gasteiger partial charge in [-0.2, -0.15) is 10.2 Å². The number of benzene rings is 1. The van der Waals surface area contributed by atoms with Crippen molar-refractivity contribution in [3.05, 3.63) is 84.2 Å². The molecule has 0 fully saturated rings. The molecule has 0 atom stereocenters. The molecule has 0 aliphatic carbocycles. The number of ketones is 3. The smallest absolute Gasteiger partial charge is 0.144 e. The fourth-order valence-corrected chi connectivity index (χ4v) is 2.75. The van der Waals surface area contributed by atoms with Crippen molar-refractivity contribution in [1.82, 2.24) is 20.2 Å². The molecule has 0 saturated carbocycles. The largest absolute Gasteiger partial charge is 0.299 e. The van der Waals surface area contributed by atoms with Crippen LogP contribution >= 0.6 is 0 Å². The number of hydrogen-bond acceptors (Lipinski definition) is 7. The van der Waals surface area contributed by atoms with Crippen molar-refractivity contribution in [2.45, 2.75) is 81.6 Å². The van der Waals surface area contributed by atoms with Crippen LogP contribution < -0.4 is 0 Å². The zero-order valence-corrected chi connectivity index (χ0v) is 25.0. The van der Waals surface area contributed by atoms with Gasteiger partial charge in [-0.05, 0) is 17.7 Å². The fraction of sp³-hybridized carbons (Fsp3) is 0.469. The number of Topliss-reactive ketones (excluding diaryl/α,β-unsaturated/α-hetero) is 3. The molecule has 0 N–H and O–H groups in total. The van der Waals surface area contributed by atoms with Gasteiger partial charge in [-0.3, -0.25) is 24.4 Å². The van der Waals surface area contributed by atoms with Gasteiger partial charge in [0.25, 0.3) is 0 Å². The van der Waals surface area contributed by atoms with Crippen LogP contribution in [0.1, 0.15) is 79.3 Å². The zero-order valence-electron chi connectivity index (χ0n) is 25.0. The van der Waals surface area contributed by atoms with Gasteiger partial charge < -0.3 is 0 Å². The lowest BCUT2D eigenvalue weighted by Crippen LogP contribution is -2.22. The first-order valence-electron chi connectivity index (χ1n) is 13.2. The molecule has 0 radical (unpaired) electrons. The molecule has 0 spiro atoms. The van der Waals surface area contributed by atoms with Crippen molar-refractivity contribution in [2.24, 2.45) is 16.2 Å². The SMILES string of the molecule is CC(C)(C)C(=O)Cc1ccccc1.CC(C)(C)C(=O)Cc1cccnn1.CC(C)(C)C(=O)Cc1cnccn1. The summed E-state index contributed by atoms with van der Waals surface area (Å²) in [4.78, 5) is 42.7. The maximum Gasteiger partial charge on any atom is 0.144 e. The van der Waals surface area contributed by atoms with E-state index < -0.39 is 0 Å². The Morgan fingerprint density at radius 3 is 1.54 bits per heavy atom. The maximum absolute atomic E-state index is 11.6. The summed E-state index contributed by atoms with van der Waals surface area (Å²) in [6.07, 6.45) is 7.73. The number of hydrogen-bond donors (Lipinski definition) is 0. The number of carbonyl (C=O) groups excluding carboxylic acids is 3. The maximum atomic E-state index is 11.6. The lowest BCUT2D eigenvalue weighted by molar-refractivity contribution is -0.126. The van der Waals surface area contributed by atoms with Gasteiger partial charge >= 0.3 is 0 Å². The molecule has 0 unspecified atom stereocenters. The molecule has 1 aromatic carbocycles. The highest BCUT2D eigenvalue weighted by Gasteiger charge is 2.22. The van der Waals surface area contributed by atoms with E-state index in [4.69, 9.17) is 0 Å². The molecule has 0 bridgehead atoms. The minimum Gasteiger partial charge on any atom is -0.299 e. The number of carbonyl (C=O) groups is 3. The Kier molecular flexibility index (Phi) is 12.9. The van der Waals surface area contributed by atoms with Gasteiger partial charge in [-0.25, -0.2) is 0 Å². The van der Waals surface area contributed by atoms with E-state index >= 15 is 0 Å². The zero-order chi connectivity index (χ0) is 29.7. The molecule has 0 amide bonds. The van der Waals surface area contributed by atoms with Gasteiger partial charge in [-0.1, -0.05) is 92.6 Å². The first-order chi connectivity index (χ1) is 18.0. The van der Waals surface area contributed by atoms with Crippen molar-refractivity contribution in [1.29, 1.82) is 0 Å². The third-order valence-corrected chi connectivity index (χ3v) is 5.64. The molecule has 0 aliphatic rings. The predicted molar refractivity (Wildman–Crippen MR) is 155 cm³/mol. The monoisotopic (exact) mass is 532 g/mol. The second-order valence-corrected chi connectivity index (χ2v) is 12.4. The van der Waals surface area contributed by atoms with Gasteiger partial charge in [0.2, 0.25) is 0 Å². The summed E-state index contributed by atoms with van der Waals surface area (Å²) >= 11 is 0. The Hall–Kier alpha value is -3.61. The highest BCUT2D eigenvalue weighted by Crippen LogP contribution is 2.18. The van der Waals surface area contributed by atoms with E-state index in [-0.39, 0.29) is 27.8 Å². The molecular weight excluding hydrogens is 488 g/mol. The average Bonchev–Trinajstić information content (AvgIpc) is 2.85. The van der Waals surface area contributed by atoms with Crippen molar-refractivity contribution >= 4 is 17.3 Å². The summed E-state index contributed by atoms with van der Waals surface area (Å²) in [5.74, 6) is 0.666. The van der Waals surface area contributed by atoms with E-state index in [2.05, 4.69) is 20.2 Å². The first-order valence-corrected chi connectivity index (χ1v) is 13.2. The summed E-state index contributed by atoms with van der Waals surface area (Å²) in [6, 6.07) is 13.5. The van der Waals surface area contributed by atoms with Crippen LogP contribution in [0.3, 0.4) is 0 Å². The summed E-state index contributed by atoms with van der Waals surface area (Å²) in [5, 5.41) is 7.58. The van der Waals surface area contributed by atoms with E-state index in [1.54, 1.807) is 30.9 Å². The Balaban J connectivity index is 0.000000292. The van der Waals surface area contributed by atoms with Gasteiger partial charge in [0.15, 0.2) is 0 Å². The van der Waals surface area contributed by atoms with Crippen LogP contribution in [0, 0.1) is 16.2 Å². The molecule has 39 heavy (non-hydrogen) atoms. The lowest BCUT2D eigenvalue weighted by atomic mass is 9.87. The van der Waals surface area contributed by atoms with E-state index in [1.807, 2.05) is 98.7 Å². The number of nitrogens with zero attached hydrogens (tertiary/aromatic N) is 4. The third kappa shape index (κ3) is 14.2. The van der Waals surface area contributed by atoms with Gasteiger partial charge in [0, 0.05) is 47.5 Å². The molecule has 2 aromatic heterocycles. The molecule has 0 saturated heterocycles. The minimum absolute atomic E-state index is 0.188. The molecule has 0 aliphatic heterocycles. The van der Waals surface area contributed by atoms with E-state index in [9.17, 15) is 14.4 Å². The predicted octanol–water partition coefficient (Wildman–Crippen LogP) is 6.11. The van der Waals surface area contributed by atoms with Crippen LogP contribution in [0.25, 0.3) is 0 Å². The Labute approximate surface area is 233 Å². The van der Waals surface area contributed by atoms with E-state index in [0.29, 0.717) is 25.0 Å². The van der Waals surface area contributed by atoms with Gasteiger partial charge in [-0.15, -0.1) is 0 Å². The van der Waals surface area contributed by atoms with Gasteiger partial charge in [0.05, 0.1) is 24.2 Å². The van der Waals surface area contributed by atoms with Crippen LogP contribution in [0.5, 0.6) is 0 Å². The summed E-state index contributed by atoms with van der Waals surface area (Å²) in [7, 11) is 0. The summed E-state index contributed by atoms with van der Waals surface area (Å²) in [5.41, 5.74) is 1.76. The van der Waals surface area contributed by atoms with Crippen molar-refractivity contribution in [3.8, 4) is 0 Å². The fourth-order valence-electron chi connectivity index (χ4n) is 2.75. The third-order valence-electron chi connectivity index (χ3n) is 5.64. The number of rotatable bonds is 6. The van der Waals surface area contributed by atoms with Crippen molar-refractivity contribution in [2.75, 3.05) is 0 Å². The van der Waals surface area contributed by atoms with Crippen LogP contribution in [0.15, 0.2) is 67.3 Å². The second kappa shape index (κ2) is 15.1. The Morgan fingerprint density at radius 2 is 1.10 bits per heavy atom. The number of aromatic nitrogens is 4. The van der Waals surface area contributed by atoms with Gasteiger partial charge in [0.1, 0.15) is 17.3 Å². The van der Waals surface area contributed by atoms with E-state index in [0.717, 1.165) is 17.0 Å². The quantitative estimate of drug-likeness (QED) is 0.377. The Morgan fingerprint density at radius 1 is 0.590 bits per heavy atom. The molecule has 2 heterocycles. The topological polar surface area (TPSA) is 103 Å². The first kappa shape index (κ1) is 33.4. The molecule has 3 rings (SSSR count). The van der Waals surface area contributed by atoms with E-state index in [1.165, 1.54) is 0 Å². The molecule has 7 heteroatoms. The lowest BCUT2D eigenvalue weighted by Gasteiger charge is -2.16. The van der Waals surface area contributed by atoms with Crippen molar-refractivity contribution in [3.63, 3.8) is 0 Å². The minimum atomic E-state index is -0.294. The highest BCUT2D eigenvalue weighted by atomic mass is 16.1. The standard InChI is InChI=1S/C12H16O.2C10H14N2O/c1-12(2,3)11(13)9-10-7-5-4-6-8-10;1-10(2,3)9(13)6-8-7-11-4-5-12-8;1-10(2,3)9(13)7-8-5-4-6-11-12-8/h4-8H,9H2,1-3H3;4-5,7H,6H2,1-3H3;4-6H,7H2,1-3H3. The molecular formula is C32H44N4O3. The van der Waals surface area contributed by atoms with Crippen LogP contribution in [-0.4, -0.2) is 37.5 Å².